The molecule has 0 spiro atoms. The molecule has 0 amide bonds. The van der Waals surface area contributed by atoms with E-state index in [1.165, 1.54) is 24.8 Å². The minimum atomic E-state index is -0.139. The predicted octanol–water partition coefficient (Wildman–Crippen LogP) is 2.50. The quantitative estimate of drug-likeness (QED) is 0.826. The van der Waals surface area contributed by atoms with Gasteiger partial charge in [-0.3, -0.25) is 0 Å². The predicted molar refractivity (Wildman–Crippen MR) is 62.6 cm³/mol. The van der Waals surface area contributed by atoms with Gasteiger partial charge in [0.15, 0.2) is 0 Å². The highest BCUT2D eigenvalue weighted by atomic mass is 16.5. The lowest BCUT2D eigenvalue weighted by Gasteiger charge is -2.28. The normalized spacial score (nSPS) is 36.6. The van der Waals surface area contributed by atoms with Crippen molar-refractivity contribution in [2.75, 3.05) is 7.11 Å². The Morgan fingerprint density at radius 1 is 1.25 bits per heavy atom. The molecule has 2 nitrogen and oxygen atoms in total. The molecule has 1 N–H and O–H groups in total. The van der Waals surface area contributed by atoms with Crippen LogP contribution in [0, 0.1) is 5.92 Å². The van der Waals surface area contributed by atoms with E-state index < -0.39 is 0 Å². The lowest BCUT2D eigenvalue weighted by Crippen LogP contribution is -2.31. The van der Waals surface area contributed by atoms with Crippen LogP contribution in [0.5, 0.6) is 5.75 Å². The Labute approximate surface area is 96.2 Å². The summed E-state index contributed by atoms with van der Waals surface area (Å²) < 4.78 is 5.17. The third-order valence-electron chi connectivity index (χ3n) is 4.40. The Bertz CT molecular complexity index is 384. The first-order valence-electron chi connectivity index (χ1n) is 6.10. The van der Waals surface area contributed by atoms with Crippen LogP contribution in [0.25, 0.3) is 0 Å². The summed E-state index contributed by atoms with van der Waals surface area (Å²) in [4.78, 5) is 0. The van der Waals surface area contributed by atoms with Crippen LogP contribution < -0.4 is 4.74 Å². The first-order chi connectivity index (χ1) is 7.77. The van der Waals surface area contributed by atoms with Gasteiger partial charge in [-0.05, 0) is 42.9 Å². The zero-order chi connectivity index (χ0) is 11.2. The summed E-state index contributed by atoms with van der Waals surface area (Å²) in [5.41, 5.74) is 1.38. The summed E-state index contributed by atoms with van der Waals surface area (Å²) in [6, 6.07) is 8.24. The maximum atomic E-state index is 10.2. The van der Waals surface area contributed by atoms with Crippen LogP contribution in [0.15, 0.2) is 24.3 Å². The van der Waals surface area contributed by atoms with Crippen molar-refractivity contribution in [1.29, 1.82) is 0 Å². The van der Waals surface area contributed by atoms with Gasteiger partial charge in [-0.25, -0.2) is 0 Å². The van der Waals surface area contributed by atoms with Crippen molar-refractivity contribution in [3.63, 3.8) is 0 Å². The summed E-state index contributed by atoms with van der Waals surface area (Å²) in [7, 11) is 1.68. The Hall–Kier alpha value is -1.02. The number of benzene rings is 1. The van der Waals surface area contributed by atoms with Gasteiger partial charge < -0.3 is 9.84 Å². The van der Waals surface area contributed by atoms with Crippen molar-refractivity contribution in [1.82, 2.24) is 0 Å². The summed E-state index contributed by atoms with van der Waals surface area (Å²) in [6.45, 7) is 0. The van der Waals surface area contributed by atoms with Gasteiger partial charge in [-0.2, -0.15) is 0 Å². The molecule has 2 fully saturated rings. The molecule has 2 saturated carbocycles. The monoisotopic (exact) mass is 218 g/mol. The highest BCUT2D eigenvalue weighted by Crippen LogP contribution is 2.62. The Kier molecular flexibility index (Phi) is 2.21. The van der Waals surface area contributed by atoms with Crippen LogP contribution in [0.2, 0.25) is 0 Å². The van der Waals surface area contributed by atoms with E-state index in [-0.39, 0.29) is 11.5 Å². The molecule has 0 bridgehead atoms. The van der Waals surface area contributed by atoms with Crippen LogP contribution >= 0.6 is 0 Å². The number of methoxy groups -OCH3 is 1. The molecule has 0 aromatic heterocycles. The second-order valence-electron chi connectivity index (χ2n) is 5.12. The van der Waals surface area contributed by atoms with Crippen molar-refractivity contribution in [3.8, 4) is 5.75 Å². The zero-order valence-electron chi connectivity index (χ0n) is 9.65. The van der Waals surface area contributed by atoms with Crippen LogP contribution in [0.4, 0.5) is 0 Å². The van der Waals surface area contributed by atoms with Gasteiger partial charge in [0.2, 0.25) is 0 Å². The van der Waals surface area contributed by atoms with Crippen molar-refractivity contribution >= 4 is 0 Å². The Balaban J connectivity index is 1.91. The van der Waals surface area contributed by atoms with Crippen molar-refractivity contribution in [2.24, 2.45) is 5.92 Å². The maximum Gasteiger partial charge on any atom is 0.118 e. The number of rotatable bonds is 2. The van der Waals surface area contributed by atoms with E-state index in [1.54, 1.807) is 7.11 Å². The first kappa shape index (κ1) is 10.2. The fourth-order valence-corrected chi connectivity index (χ4v) is 3.38. The molecule has 3 atom stereocenters. The van der Waals surface area contributed by atoms with Gasteiger partial charge in [0.1, 0.15) is 5.75 Å². The largest absolute Gasteiger partial charge is 0.497 e. The molecule has 0 aliphatic heterocycles. The van der Waals surface area contributed by atoms with E-state index in [4.69, 9.17) is 4.74 Å². The molecule has 1 aromatic rings. The van der Waals surface area contributed by atoms with Crippen LogP contribution in [-0.2, 0) is 5.41 Å². The fraction of sp³-hybridized carbons (Fsp3) is 0.571. The van der Waals surface area contributed by atoms with Crippen molar-refractivity contribution in [3.05, 3.63) is 29.8 Å². The number of aliphatic hydroxyl groups excluding tert-OH is 1. The van der Waals surface area contributed by atoms with Gasteiger partial charge in [-0.1, -0.05) is 18.6 Å². The van der Waals surface area contributed by atoms with Gasteiger partial charge in [0.05, 0.1) is 13.2 Å². The average molecular weight is 218 g/mol. The molecule has 16 heavy (non-hydrogen) atoms. The zero-order valence-corrected chi connectivity index (χ0v) is 9.65. The summed E-state index contributed by atoms with van der Waals surface area (Å²) in [5.74, 6) is 1.60. The smallest absolute Gasteiger partial charge is 0.118 e. The topological polar surface area (TPSA) is 29.5 Å². The van der Waals surface area contributed by atoms with Gasteiger partial charge in [0, 0.05) is 5.41 Å². The molecule has 86 valence electrons. The molecule has 0 unspecified atom stereocenters. The van der Waals surface area contributed by atoms with E-state index in [0.29, 0.717) is 5.92 Å². The number of hydrogen-bond acceptors (Lipinski definition) is 2. The SMILES string of the molecule is COc1ccc([C@]23C[C@H]2CCC[C@@H]3O)cc1. The molecule has 2 heteroatoms. The summed E-state index contributed by atoms with van der Waals surface area (Å²) in [6.07, 6.45) is 4.45. The maximum absolute atomic E-state index is 10.2. The molecule has 3 rings (SSSR count). The molecule has 0 heterocycles. The summed E-state index contributed by atoms with van der Waals surface area (Å²) in [5, 5.41) is 10.2. The molecule has 2 aliphatic rings. The first-order valence-corrected chi connectivity index (χ1v) is 6.10. The minimum Gasteiger partial charge on any atom is -0.497 e. The minimum absolute atomic E-state index is 0.0878. The van der Waals surface area contributed by atoms with Crippen molar-refractivity contribution < 1.29 is 9.84 Å². The van der Waals surface area contributed by atoms with E-state index in [9.17, 15) is 5.11 Å². The van der Waals surface area contributed by atoms with Crippen molar-refractivity contribution in [2.45, 2.75) is 37.2 Å². The molecular formula is C14H18O2. The average Bonchev–Trinajstić information content (AvgIpc) is 3.06. The lowest BCUT2D eigenvalue weighted by molar-refractivity contribution is 0.0945. The van der Waals surface area contributed by atoms with E-state index in [1.807, 2.05) is 12.1 Å². The molecular weight excluding hydrogens is 200 g/mol. The molecule has 0 radical (unpaired) electrons. The third-order valence-corrected chi connectivity index (χ3v) is 4.40. The third kappa shape index (κ3) is 1.29. The van der Waals surface area contributed by atoms with Gasteiger partial charge in [0.25, 0.3) is 0 Å². The second-order valence-corrected chi connectivity index (χ2v) is 5.12. The second kappa shape index (κ2) is 3.49. The van der Waals surface area contributed by atoms with Crippen LogP contribution in [0.1, 0.15) is 31.2 Å². The molecule has 2 aliphatic carbocycles. The van der Waals surface area contributed by atoms with Gasteiger partial charge in [-0.15, -0.1) is 0 Å². The summed E-state index contributed by atoms with van der Waals surface area (Å²) >= 11 is 0. The lowest BCUT2D eigenvalue weighted by atomic mass is 9.80. The van der Waals surface area contributed by atoms with Crippen LogP contribution in [0.3, 0.4) is 0 Å². The standard InChI is InChI=1S/C14H18O2/c1-16-12-7-5-10(6-8-12)14-9-11(14)3-2-4-13(14)15/h5-8,11,13,15H,2-4,9H2,1H3/t11-,13+,14-/m1/s1. The number of fused-ring (bicyclic) bond motifs is 1. The number of aliphatic hydroxyl groups is 1. The van der Waals surface area contributed by atoms with E-state index >= 15 is 0 Å². The van der Waals surface area contributed by atoms with Crippen LogP contribution in [-0.4, -0.2) is 18.3 Å². The fourth-order valence-electron chi connectivity index (χ4n) is 3.38. The number of hydrogen-bond donors (Lipinski definition) is 1. The highest BCUT2D eigenvalue weighted by molar-refractivity contribution is 5.39. The molecule has 1 aromatic carbocycles. The Morgan fingerprint density at radius 2 is 2.00 bits per heavy atom. The van der Waals surface area contributed by atoms with Gasteiger partial charge >= 0.3 is 0 Å². The Morgan fingerprint density at radius 3 is 2.62 bits per heavy atom. The molecule has 0 saturated heterocycles. The number of ether oxygens (including phenoxy) is 1. The van der Waals surface area contributed by atoms with E-state index in [0.717, 1.165) is 12.2 Å². The highest BCUT2D eigenvalue weighted by Gasteiger charge is 2.60. The van der Waals surface area contributed by atoms with E-state index in [2.05, 4.69) is 12.1 Å².